The van der Waals surface area contributed by atoms with Gasteiger partial charge >= 0.3 is 0 Å². The smallest absolute Gasteiger partial charge is 0.255 e. The second kappa shape index (κ2) is 12.8. The SMILES string of the molecule is O=C(NC(CO)Cc1c[nH]c2cc(F)ccc12)c1cc(-c2ccc(C(=O)N3CCOCC3)c(Cl)c2)cc2c1OCCCC2. The van der Waals surface area contributed by atoms with Crippen molar-refractivity contribution in [2.45, 2.75) is 31.7 Å². The maximum atomic E-state index is 13.8. The number of aromatic nitrogens is 1. The van der Waals surface area contributed by atoms with E-state index >= 15 is 0 Å². The van der Waals surface area contributed by atoms with Crippen LogP contribution in [0.15, 0.2) is 54.7 Å². The predicted octanol–water partition coefficient (Wildman–Crippen LogP) is 5.15. The summed E-state index contributed by atoms with van der Waals surface area (Å²) in [5.41, 5.74) is 4.78. The third kappa shape index (κ3) is 6.25. The van der Waals surface area contributed by atoms with Crippen LogP contribution in [0.5, 0.6) is 5.75 Å². The molecule has 1 fully saturated rings. The molecule has 4 aromatic rings. The molecule has 1 unspecified atom stereocenters. The van der Waals surface area contributed by atoms with Crippen LogP contribution in [0.25, 0.3) is 22.0 Å². The fourth-order valence-corrected chi connectivity index (χ4v) is 6.06. The van der Waals surface area contributed by atoms with E-state index in [1.165, 1.54) is 12.1 Å². The van der Waals surface area contributed by atoms with Crippen LogP contribution in [0.3, 0.4) is 0 Å². The Balaban J connectivity index is 1.28. The number of hydrogen-bond donors (Lipinski definition) is 3. The minimum Gasteiger partial charge on any atom is -0.492 e. The second-order valence-corrected chi connectivity index (χ2v) is 11.4. The summed E-state index contributed by atoms with van der Waals surface area (Å²) in [6.45, 7) is 2.27. The van der Waals surface area contributed by atoms with Crippen molar-refractivity contribution < 1.29 is 28.6 Å². The largest absolute Gasteiger partial charge is 0.492 e. The molecule has 0 radical (unpaired) electrons. The molecule has 0 spiro atoms. The number of benzene rings is 3. The zero-order valence-electron chi connectivity index (χ0n) is 23.6. The van der Waals surface area contributed by atoms with Crippen LogP contribution in [-0.4, -0.2) is 72.4 Å². The van der Waals surface area contributed by atoms with Crippen LogP contribution in [0.2, 0.25) is 5.02 Å². The lowest BCUT2D eigenvalue weighted by atomic mass is 9.95. The molecule has 2 amide bonds. The van der Waals surface area contributed by atoms with Crippen LogP contribution >= 0.6 is 11.6 Å². The van der Waals surface area contributed by atoms with Crippen LogP contribution in [-0.2, 0) is 17.6 Å². The highest BCUT2D eigenvalue weighted by molar-refractivity contribution is 6.34. The Morgan fingerprint density at radius 1 is 1.02 bits per heavy atom. The number of carbonyl (C=O) groups excluding carboxylic acids is 2. The molecule has 2 aliphatic heterocycles. The lowest BCUT2D eigenvalue weighted by molar-refractivity contribution is 0.0303. The summed E-state index contributed by atoms with van der Waals surface area (Å²) in [5.74, 6) is -0.294. The van der Waals surface area contributed by atoms with Gasteiger partial charge in [-0.1, -0.05) is 17.7 Å². The number of rotatable bonds is 7. The van der Waals surface area contributed by atoms with Crippen molar-refractivity contribution >= 4 is 34.3 Å². The van der Waals surface area contributed by atoms with Gasteiger partial charge in [0.1, 0.15) is 11.6 Å². The van der Waals surface area contributed by atoms with Gasteiger partial charge in [-0.2, -0.15) is 0 Å². The highest BCUT2D eigenvalue weighted by Gasteiger charge is 2.25. The van der Waals surface area contributed by atoms with Crippen molar-refractivity contribution in [3.8, 4) is 16.9 Å². The van der Waals surface area contributed by atoms with Gasteiger partial charge in [-0.25, -0.2) is 4.39 Å². The molecule has 6 rings (SSSR count). The molecule has 3 N–H and O–H groups in total. The van der Waals surface area contributed by atoms with Crippen molar-refractivity contribution in [3.63, 3.8) is 0 Å². The molecular weight excluding hydrogens is 573 g/mol. The van der Waals surface area contributed by atoms with E-state index in [0.717, 1.165) is 46.9 Å². The Morgan fingerprint density at radius 3 is 2.65 bits per heavy atom. The third-order valence-electron chi connectivity index (χ3n) is 8.08. The molecule has 1 aromatic heterocycles. The molecule has 43 heavy (non-hydrogen) atoms. The topological polar surface area (TPSA) is 104 Å². The van der Waals surface area contributed by atoms with E-state index in [2.05, 4.69) is 10.3 Å². The first kappa shape index (κ1) is 29.2. The molecule has 1 atom stereocenters. The van der Waals surface area contributed by atoms with Crippen molar-refractivity contribution in [2.75, 3.05) is 39.5 Å². The van der Waals surface area contributed by atoms with Crippen LogP contribution < -0.4 is 10.1 Å². The average molecular weight is 606 g/mol. The van der Waals surface area contributed by atoms with Gasteiger partial charge in [0.05, 0.1) is 48.6 Å². The Bertz CT molecular complexity index is 1670. The first-order valence-corrected chi connectivity index (χ1v) is 14.9. The van der Waals surface area contributed by atoms with E-state index in [4.69, 9.17) is 21.1 Å². The van der Waals surface area contributed by atoms with Crippen molar-refractivity contribution in [2.24, 2.45) is 0 Å². The van der Waals surface area contributed by atoms with Crippen molar-refractivity contribution in [1.82, 2.24) is 15.2 Å². The van der Waals surface area contributed by atoms with Crippen molar-refractivity contribution in [1.29, 1.82) is 0 Å². The lowest BCUT2D eigenvalue weighted by Crippen LogP contribution is -2.40. The van der Waals surface area contributed by atoms with Gasteiger partial charge in [-0.15, -0.1) is 0 Å². The number of hydrogen-bond acceptors (Lipinski definition) is 5. The summed E-state index contributed by atoms with van der Waals surface area (Å²) in [6, 6.07) is 13.0. The van der Waals surface area contributed by atoms with Gasteiger partial charge in [0.25, 0.3) is 11.8 Å². The number of morpholine rings is 1. The highest BCUT2D eigenvalue weighted by Crippen LogP contribution is 2.35. The van der Waals surface area contributed by atoms with E-state index in [1.54, 1.807) is 35.4 Å². The summed E-state index contributed by atoms with van der Waals surface area (Å²) in [4.78, 5) is 31.6. The number of ether oxygens (including phenoxy) is 2. The van der Waals surface area contributed by atoms with Crippen LogP contribution in [0.4, 0.5) is 4.39 Å². The monoisotopic (exact) mass is 605 g/mol. The van der Waals surface area contributed by atoms with E-state index < -0.39 is 6.04 Å². The Morgan fingerprint density at radius 2 is 1.86 bits per heavy atom. The Kier molecular flexibility index (Phi) is 8.65. The normalized spacial score (nSPS) is 15.8. The number of nitrogens with one attached hydrogen (secondary N) is 2. The molecule has 10 heteroatoms. The minimum atomic E-state index is -0.582. The summed E-state index contributed by atoms with van der Waals surface area (Å²) in [6.07, 6.45) is 4.66. The van der Waals surface area contributed by atoms with Gasteiger partial charge in [0, 0.05) is 30.2 Å². The van der Waals surface area contributed by atoms with E-state index in [9.17, 15) is 19.1 Å². The van der Waals surface area contributed by atoms with Gasteiger partial charge in [0.2, 0.25) is 0 Å². The summed E-state index contributed by atoms with van der Waals surface area (Å²) in [7, 11) is 0. The average Bonchev–Trinajstić information content (AvgIpc) is 3.25. The maximum absolute atomic E-state index is 13.8. The van der Waals surface area contributed by atoms with E-state index in [1.807, 2.05) is 12.1 Å². The van der Waals surface area contributed by atoms with Crippen molar-refractivity contribution in [3.05, 3.63) is 87.8 Å². The zero-order valence-corrected chi connectivity index (χ0v) is 24.4. The second-order valence-electron chi connectivity index (χ2n) is 11.0. The molecule has 0 aliphatic carbocycles. The number of halogens is 2. The minimum absolute atomic E-state index is 0.134. The number of nitrogens with zero attached hydrogens (tertiary/aromatic N) is 1. The van der Waals surface area contributed by atoms with E-state index in [0.29, 0.717) is 66.7 Å². The first-order valence-electron chi connectivity index (χ1n) is 14.5. The lowest BCUT2D eigenvalue weighted by Gasteiger charge is -2.27. The number of aliphatic hydroxyl groups excluding tert-OH is 1. The van der Waals surface area contributed by atoms with Crippen LogP contribution in [0, 0.1) is 5.82 Å². The number of aryl methyl sites for hydroxylation is 1. The number of fused-ring (bicyclic) bond motifs is 2. The number of aromatic amines is 1. The predicted molar refractivity (Wildman–Crippen MR) is 162 cm³/mol. The summed E-state index contributed by atoms with van der Waals surface area (Å²) < 4.78 is 25.1. The molecule has 0 bridgehead atoms. The molecular formula is C33H33ClFN3O5. The fourth-order valence-electron chi connectivity index (χ4n) is 5.79. The van der Waals surface area contributed by atoms with E-state index in [-0.39, 0.29) is 24.2 Å². The Labute approximate surface area is 253 Å². The Hall–Kier alpha value is -3.92. The highest BCUT2D eigenvalue weighted by atomic mass is 35.5. The molecule has 1 saturated heterocycles. The summed E-state index contributed by atoms with van der Waals surface area (Å²) in [5, 5.41) is 14.3. The van der Waals surface area contributed by atoms with Gasteiger partial charge in [-0.05, 0) is 90.4 Å². The van der Waals surface area contributed by atoms with Gasteiger partial charge in [-0.3, -0.25) is 9.59 Å². The molecule has 8 nitrogen and oxygen atoms in total. The van der Waals surface area contributed by atoms with Crippen LogP contribution in [0.1, 0.15) is 44.7 Å². The quantitative estimate of drug-likeness (QED) is 0.270. The fraction of sp³-hybridized carbons (Fsp3) is 0.333. The first-order chi connectivity index (χ1) is 20.9. The summed E-state index contributed by atoms with van der Waals surface area (Å²) >= 11 is 6.64. The molecule has 0 saturated carbocycles. The maximum Gasteiger partial charge on any atom is 0.255 e. The third-order valence-corrected chi connectivity index (χ3v) is 8.39. The molecule has 224 valence electrons. The molecule has 3 heterocycles. The number of amides is 2. The van der Waals surface area contributed by atoms with Gasteiger partial charge < -0.3 is 29.8 Å². The number of carbonyl (C=O) groups is 2. The standard InChI is InChI=1S/C33H33ClFN3O5/c34-29-16-20(4-6-27(29)33(41)38-8-11-42-12-9-38)22-13-21-3-1-2-10-43-31(21)28(15-22)32(40)37-25(19-39)14-23-18-36-30-17-24(35)5-7-26(23)30/h4-7,13,15-18,25,36,39H,1-3,8-12,14,19H2,(H,37,40). The zero-order chi connectivity index (χ0) is 29.9. The molecule has 3 aromatic carbocycles. The van der Waals surface area contributed by atoms with Gasteiger partial charge in [0.15, 0.2) is 0 Å². The molecule has 2 aliphatic rings. The number of H-pyrrole nitrogens is 1. The number of aliphatic hydroxyl groups is 1.